The maximum absolute atomic E-state index is 11.3. The Labute approximate surface area is 121 Å². The van der Waals surface area contributed by atoms with E-state index in [1.54, 1.807) is 12.1 Å². The number of nitrogens with one attached hydrogen (secondary N) is 1. The van der Waals surface area contributed by atoms with Crippen LogP contribution >= 0.6 is 0 Å². The van der Waals surface area contributed by atoms with E-state index in [-0.39, 0.29) is 5.97 Å². The van der Waals surface area contributed by atoms with Crippen LogP contribution in [0, 0.1) is 0 Å². The fraction of sp³-hybridized carbons (Fsp3) is 0.562. The lowest BCUT2D eigenvalue weighted by Crippen LogP contribution is -2.15. The van der Waals surface area contributed by atoms with Gasteiger partial charge in [-0.15, -0.1) is 0 Å². The molecule has 0 aliphatic rings. The molecule has 1 aromatic rings. The highest BCUT2D eigenvalue weighted by Gasteiger charge is 2.03. The summed E-state index contributed by atoms with van der Waals surface area (Å²) in [6, 6.07) is 7.47. The number of benzene rings is 1. The average molecular weight is 279 g/mol. The van der Waals surface area contributed by atoms with Gasteiger partial charge < -0.3 is 14.8 Å². The summed E-state index contributed by atoms with van der Waals surface area (Å²) < 4.78 is 10.1. The third kappa shape index (κ3) is 6.68. The number of rotatable bonds is 9. The fourth-order valence-corrected chi connectivity index (χ4v) is 1.78. The second kappa shape index (κ2) is 9.50. The van der Waals surface area contributed by atoms with Gasteiger partial charge in [0, 0.05) is 13.2 Å². The van der Waals surface area contributed by atoms with Gasteiger partial charge >= 0.3 is 5.97 Å². The molecule has 0 saturated heterocycles. The van der Waals surface area contributed by atoms with Crippen LogP contribution in [-0.2, 0) is 16.0 Å². The van der Waals surface area contributed by atoms with Gasteiger partial charge in [0.25, 0.3) is 0 Å². The first-order valence-corrected chi connectivity index (χ1v) is 7.13. The molecule has 0 heterocycles. The van der Waals surface area contributed by atoms with Crippen molar-refractivity contribution in [3.05, 3.63) is 35.4 Å². The van der Waals surface area contributed by atoms with Crippen LogP contribution in [0.5, 0.6) is 0 Å². The van der Waals surface area contributed by atoms with E-state index >= 15 is 0 Å². The Hall–Kier alpha value is -1.39. The number of ether oxygens (including phenoxy) is 2. The summed E-state index contributed by atoms with van der Waals surface area (Å²) in [5.74, 6) is -0.297. The van der Waals surface area contributed by atoms with Crippen LogP contribution in [0.1, 0.15) is 42.6 Å². The van der Waals surface area contributed by atoms with Crippen LogP contribution in [-0.4, -0.2) is 32.3 Å². The summed E-state index contributed by atoms with van der Waals surface area (Å²) in [5.41, 5.74) is 1.75. The zero-order valence-electron chi connectivity index (χ0n) is 12.6. The lowest BCUT2D eigenvalue weighted by molar-refractivity contribution is 0.0600. The Bertz CT molecular complexity index is 387. The molecular formula is C16H25NO3. The number of esters is 1. The van der Waals surface area contributed by atoms with Crippen molar-refractivity contribution in [1.29, 1.82) is 0 Å². The molecule has 0 aliphatic carbocycles. The molecule has 0 unspecified atom stereocenters. The summed E-state index contributed by atoms with van der Waals surface area (Å²) in [6.45, 7) is 6.71. The third-order valence-electron chi connectivity index (χ3n) is 2.90. The van der Waals surface area contributed by atoms with E-state index in [1.807, 2.05) is 12.1 Å². The molecule has 1 aromatic carbocycles. The highest BCUT2D eigenvalue weighted by molar-refractivity contribution is 5.89. The number of unbranched alkanes of at least 4 members (excludes halogenated alkanes) is 1. The Kier molecular flexibility index (Phi) is 7.92. The van der Waals surface area contributed by atoms with Gasteiger partial charge in [0.15, 0.2) is 0 Å². The Balaban J connectivity index is 2.14. The summed E-state index contributed by atoms with van der Waals surface area (Å²) in [6.07, 6.45) is 2.50. The molecule has 20 heavy (non-hydrogen) atoms. The highest BCUT2D eigenvalue weighted by atomic mass is 16.5. The first-order chi connectivity index (χ1) is 9.63. The van der Waals surface area contributed by atoms with Gasteiger partial charge in [0.2, 0.25) is 0 Å². The molecule has 0 atom stereocenters. The zero-order valence-corrected chi connectivity index (χ0v) is 12.6. The van der Waals surface area contributed by atoms with E-state index in [2.05, 4.69) is 23.9 Å². The van der Waals surface area contributed by atoms with E-state index in [0.29, 0.717) is 11.7 Å². The van der Waals surface area contributed by atoms with Gasteiger partial charge in [-0.1, -0.05) is 12.1 Å². The number of hydrogen-bond donors (Lipinski definition) is 1. The van der Waals surface area contributed by atoms with E-state index in [9.17, 15) is 4.79 Å². The Morgan fingerprint density at radius 1 is 1.20 bits per heavy atom. The van der Waals surface area contributed by atoms with Gasteiger partial charge in [-0.2, -0.15) is 0 Å². The fourth-order valence-electron chi connectivity index (χ4n) is 1.78. The van der Waals surface area contributed by atoms with Gasteiger partial charge in [-0.3, -0.25) is 0 Å². The van der Waals surface area contributed by atoms with Crippen molar-refractivity contribution in [2.45, 2.75) is 39.3 Å². The standard InChI is InChI=1S/C16H25NO3/c1-13(2)20-11-5-4-10-17-12-14-6-8-15(9-7-14)16(18)19-3/h6-9,13,17H,4-5,10-12H2,1-3H3. The molecule has 0 saturated carbocycles. The smallest absolute Gasteiger partial charge is 0.337 e. The largest absolute Gasteiger partial charge is 0.465 e. The van der Waals surface area contributed by atoms with Crippen LogP contribution in [0.15, 0.2) is 24.3 Å². The minimum absolute atomic E-state index is 0.297. The predicted octanol–water partition coefficient (Wildman–Crippen LogP) is 2.77. The summed E-state index contributed by atoms with van der Waals surface area (Å²) in [7, 11) is 1.39. The van der Waals surface area contributed by atoms with E-state index in [1.165, 1.54) is 7.11 Å². The minimum atomic E-state index is -0.297. The molecule has 4 heteroatoms. The molecule has 4 nitrogen and oxygen atoms in total. The molecule has 1 rings (SSSR count). The van der Waals surface area contributed by atoms with E-state index in [4.69, 9.17) is 4.74 Å². The number of methoxy groups -OCH3 is 1. The second-order valence-corrected chi connectivity index (χ2v) is 4.99. The Morgan fingerprint density at radius 2 is 1.90 bits per heavy atom. The van der Waals surface area contributed by atoms with Crippen molar-refractivity contribution in [2.24, 2.45) is 0 Å². The van der Waals surface area contributed by atoms with Crippen molar-refractivity contribution in [2.75, 3.05) is 20.3 Å². The van der Waals surface area contributed by atoms with Crippen LogP contribution < -0.4 is 5.32 Å². The minimum Gasteiger partial charge on any atom is -0.465 e. The first-order valence-electron chi connectivity index (χ1n) is 7.13. The van der Waals surface area contributed by atoms with Crippen molar-refractivity contribution in [3.8, 4) is 0 Å². The highest BCUT2D eigenvalue weighted by Crippen LogP contribution is 2.05. The molecule has 112 valence electrons. The lowest BCUT2D eigenvalue weighted by atomic mass is 10.1. The molecule has 1 N–H and O–H groups in total. The van der Waals surface area contributed by atoms with Gasteiger partial charge in [-0.05, 0) is 50.9 Å². The molecule has 0 radical (unpaired) electrons. The van der Waals surface area contributed by atoms with Crippen molar-refractivity contribution in [3.63, 3.8) is 0 Å². The first kappa shape index (κ1) is 16.7. The van der Waals surface area contributed by atoms with Crippen LogP contribution in [0.2, 0.25) is 0 Å². The molecule has 0 spiro atoms. The maximum atomic E-state index is 11.3. The van der Waals surface area contributed by atoms with Crippen molar-refractivity contribution >= 4 is 5.97 Å². The lowest BCUT2D eigenvalue weighted by Gasteiger charge is -2.08. The summed E-state index contributed by atoms with van der Waals surface area (Å²) >= 11 is 0. The zero-order chi connectivity index (χ0) is 14.8. The molecule has 0 fully saturated rings. The van der Waals surface area contributed by atoms with Gasteiger partial charge in [0.05, 0.1) is 18.8 Å². The molecule has 0 aliphatic heterocycles. The molecule has 0 bridgehead atoms. The van der Waals surface area contributed by atoms with Crippen molar-refractivity contribution in [1.82, 2.24) is 5.32 Å². The van der Waals surface area contributed by atoms with E-state index in [0.717, 1.165) is 38.1 Å². The number of carbonyl (C=O) groups is 1. The molecule has 0 amide bonds. The molecular weight excluding hydrogens is 254 g/mol. The van der Waals surface area contributed by atoms with Crippen LogP contribution in [0.25, 0.3) is 0 Å². The summed E-state index contributed by atoms with van der Waals surface area (Å²) in [5, 5.41) is 3.38. The van der Waals surface area contributed by atoms with Gasteiger partial charge in [0.1, 0.15) is 0 Å². The van der Waals surface area contributed by atoms with E-state index < -0.39 is 0 Å². The average Bonchev–Trinajstić information content (AvgIpc) is 2.45. The number of carbonyl (C=O) groups excluding carboxylic acids is 1. The third-order valence-corrected chi connectivity index (χ3v) is 2.90. The molecule has 0 aromatic heterocycles. The SMILES string of the molecule is COC(=O)c1ccc(CNCCCCOC(C)C)cc1. The topological polar surface area (TPSA) is 47.6 Å². The normalized spacial score (nSPS) is 10.8. The number of hydrogen-bond acceptors (Lipinski definition) is 4. The quantitative estimate of drug-likeness (QED) is 0.558. The second-order valence-electron chi connectivity index (χ2n) is 4.99. The monoisotopic (exact) mass is 279 g/mol. The summed E-state index contributed by atoms with van der Waals surface area (Å²) in [4.78, 5) is 11.3. The van der Waals surface area contributed by atoms with Crippen molar-refractivity contribution < 1.29 is 14.3 Å². The van der Waals surface area contributed by atoms with Crippen LogP contribution in [0.3, 0.4) is 0 Å². The van der Waals surface area contributed by atoms with Crippen LogP contribution in [0.4, 0.5) is 0 Å². The Morgan fingerprint density at radius 3 is 2.50 bits per heavy atom. The predicted molar refractivity (Wildman–Crippen MR) is 79.8 cm³/mol. The van der Waals surface area contributed by atoms with Gasteiger partial charge in [-0.25, -0.2) is 4.79 Å². The maximum Gasteiger partial charge on any atom is 0.337 e.